The van der Waals surface area contributed by atoms with Gasteiger partial charge in [0.15, 0.2) is 0 Å². The van der Waals surface area contributed by atoms with Gasteiger partial charge in [-0.25, -0.2) is 0 Å². The Bertz CT molecular complexity index is 3160. The Morgan fingerprint density at radius 1 is 0.460 bits per heavy atom. The van der Waals surface area contributed by atoms with Crippen LogP contribution in [0.4, 0.5) is 0 Å². The fourth-order valence-corrected chi connectivity index (χ4v) is 7.91. The van der Waals surface area contributed by atoms with Gasteiger partial charge in [0.1, 0.15) is 0 Å². The van der Waals surface area contributed by atoms with Crippen LogP contribution in [0.15, 0.2) is 157 Å². The molecule has 8 aromatic carbocycles. The molecule has 0 amide bonds. The molecule has 0 aliphatic heterocycles. The lowest BCUT2D eigenvalue weighted by atomic mass is 9.61. The number of hydrogen-bond donors (Lipinski definition) is 0. The lowest BCUT2D eigenvalue weighted by Gasteiger charge is -2.43. The largest absolute Gasteiger partial charge is 0.0636 e. The van der Waals surface area contributed by atoms with E-state index in [9.17, 15) is 9.60 Å². The second kappa shape index (κ2) is 11.6. The Labute approximate surface area is 312 Å². The third-order valence-corrected chi connectivity index (χ3v) is 10.5. The Morgan fingerprint density at radius 3 is 1.66 bits per heavy atom. The summed E-state index contributed by atoms with van der Waals surface area (Å²) in [4.78, 5) is 0. The van der Waals surface area contributed by atoms with E-state index < -0.39 is 48.3 Å². The van der Waals surface area contributed by atoms with Crippen LogP contribution in [0, 0.1) is 0 Å². The third kappa shape index (κ3) is 4.89. The third-order valence-electron chi connectivity index (χ3n) is 10.5. The Hall–Kier alpha value is -5.46. The molecule has 0 heterocycles. The van der Waals surface area contributed by atoms with Crippen LogP contribution < -0.4 is 0 Å². The minimum absolute atomic E-state index is 0.00677. The van der Waals surface area contributed by atoms with Crippen molar-refractivity contribution in [2.45, 2.75) is 51.4 Å². The molecule has 9 rings (SSSR count). The molecular formula is C50H42. The van der Waals surface area contributed by atoms with E-state index in [1.54, 1.807) is 30.3 Å². The molecule has 0 saturated carbocycles. The Balaban J connectivity index is 1.62. The van der Waals surface area contributed by atoms with E-state index in [0.717, 1.165) is 35.1 Å². The number of rotatable bonds is 4. The second-order valence-electron chi connectivity index (χ2n) is 14.6. The minimum atomic E-state index is -0.586. The minimum Gasteiger partial charge on any atom is -0.0622 e. The highest BCUT2D eigenvalue weighted by atomic mass is 14.4. The first kappa shape index (κ1) is 20.3. The van der Waals surface area contributed by atoms with E-state index in [2.05, 4.69) is 27.7 Å². The zero-order valence-electron chi connectivity index (χ0n) is 40.5. The molecule has 0 atom stereocenters. The van der Waals surface area contributed by atoms with Crippen LogP contribution in [0.25, 0.3) is 76.8 Å². The molecule has 1 aliphatic rings. The van der Waals surface area contributed by atoms with E-state index in [-0.39, 0.29) is 89.6 Å². The topological polar surface area (TPSA) is 0 Å². The lowest BCUT2D eigenvalue weighted by molar-refractivity contribution is 0.333. The van der Waals surface area contributed by atoms with Gasteiger partial charge in [0, 0.05) is 0 Å². The van der Waals surface area contributed by atoms with Gasteiger partial charge in [0.25, 0.3) is 0 Å². The second-order valence-corrected chi connectivity index (χ2v) is 14.6. The molecule has 0 bridgehead atoms. The molecule has 0 radical (unpaired) electrons. The molecule has 8 aromatic rings. The van der Waals surface area contributed by atoms with Crippen molar-refractivity contribution in [1.82, 2.24) is 0 Å². The molecule has 0 unspecified atom stereocenters. The molecule has 50 heavy (non-hydrogen) atoms. The van der Waals surface area contributed by atoms with Crippen molar-refractivity contribution >= 4 is 32.3 Å². The van der Waals surface area contributed by atoms with Crippen LogP contribution in [0.2, 0.25) is 0 Å². The highest BCUT2D eigenvalue weighted by Crippen LogP contribution is 2.53. The maximum absolute atomic E-state index is 9.98. The molecular weight excluding hydrogens is 601 g/mol. The van der Waals surface area contributed by atoms with E-state index in [1.165, 1.54) is 12.1 Å². The molecule has 0 spiro atoms. The van der Waals surface area contributed by atoms with Crippen LogP contribution in [-0.4, -0.2) is 0 Å². The van der Waals surface area contributed by atoms with Crippen molar-refractivity contribution in [2.75, 3.05) is 0 Å². The van der Waals surface area contributed by atoms with E-state index in [1.807, 2.05) is 42.5 Å². The monoisotopic (exact) mass is 654 g/mol. The van der Waals surface area contributed by atoms with Crippen LogP contribution in [-0.2, 0) is 10.8 Å². The average molecular weight is 655 g/mol. The first-order valence-corrected chi connectivity index (χ1v) is 17.1. The van der Waals surface area contributed by atoms with E-state index in [0.29, 0.717) is 11.1 Å². The number of fused-ring (bicyclic) bond motifs is 4. The van der Waals surface area contributed by atoms with Gasteiger partial charge >= 0.3 is 0 Å². The number of hydrogen-bond acceptors (Lipinski definition) is 0. The van der Waals surface area contributed by atoms with Crippen molar-refractivity contribution in [2.24, 2.45) is 0 Å². The van der Waals surface area contributed by atoms with Crippen molar-refractivity contribution in [3.8, 4) is 44.5 Å². The zero-order chi connectivity index (χ0) is 44.5. The maximum atomic E-state index is 9.98. The van der Waals surface area contributed by atoms with Crippen molar-refractivity contribution in [3.63, 3.8) is 0 Å². The van der Waals surface area contributed by atoms with Crippen LogP contribution in [0.3, 0.4) is 0 Å². The summed E-state index contributed by atoms with van der Waals surface area (Å²) in [6.45, 7) is 8.79. The maximum Gasteiger partial charge on any atom is 0.0636 e. The first-order chi connectivity index (χ1) is 29.3. The van der Waals surface area contributed by atoms with E-state index in [4.69, 9.17) is 6.85 Å². The smallest absolute Gasteiger partial charge is 0.0622 e. The van der Waals surface area contributed by atoms with Gasteiger partial charge in [-0.15, -0.1) is 0 Å². The molecule has 1 aliphatic carbocycles. The van der Waals surface area contributed by atoms with Gasteiger partial charge in [-0.05, 0) is 130 Å². The summed E-state index contributed by atoms with van der Waals surface area (Å²) >= 11 is 0. The number of benzene rings is 8. The zero-order valence-corrected chi connectivity index (χ0v) is 28.5. The van der Waals surface area contributed by atoms with Crippen LogP contribution in [0.5, 0.6) is 0 Å². The summed E-state index contributed by atoms with van der Waals surface area (Å²) in [7, 11) is 0. The standard InChI is InChI=1S/C50H42/c1-49(2)27-28-50(3,4)48-43(34-19-9-6-10-20-34)31-37(32-45(48)49)46-39-23-13-15-25-41(39)47(42-26-16-14-24-40(42)46)44-30-36(33-17-7-5-8-18-33)29-35-21-11-12-22-38(35)44/h5-26,29-32H,27-28H2,1-4H3/i13D,14D,15D,16D,21D,22D,23D,24D,25D,26D,29D,30D. The predicted molar refractivity (Wildman–Crippen MR) is 216 cm³/mol. The Morgan fingerprint density at radius 2 is 1.02 bits per heavy atom. The highest BCUT2D eigenvalue weighted by Gasteiger charge is 2.39. The summed E-state index contributed by atoms with van der Waals surface area (Å²) in [5, 5.41) is -0.180. The predicted octanol–water partition coefficient (Wildman–Crippen LogP) is 14.2. The molecule has 0 nitrogen and oxygen atoms in total. The summed E-state index contributed by atoms with van der Waals surface area (Å²) in [5.74, 6) is 0. The lowest BCUT2D eigenvalue weighted by Crippen LogP contribution is -2.34. The fraction of sp³-hybridized carbons (Fsp3) is 0.160. The van der Waals surface area contributed by atoms with Crippen molar-refractivity contribution in [3.05, 3.63) is 169 Å². The fourth-order valence-electron chi connectivity index (χ4n) is 7.91. The molecule has 0 fully saturated rings. The molecule has 0 saturated heterocycles. The summed E-state index contributed by atoms with van der Waals surface area (Å²) in [5.41, 5.74) is 4.49. The van der Waals surface area contributed by atoms with Gasteiger partial charge in [0.2, 0.25) is 0 Å². The molecule has 242 valence electrons. The molecule has 0 aromatic heterocycles. The average Bonchev–Trinajstić information content (AvgIpc) is 3.25. The van der Waals surface area contributed by atoms with Gasteiger partial charge < -0.3 is 0 Å². The summed E-state index contributed by atoms with van der Waals surface area (Å²) in [6.07, 6.45) is 1.77. The Kier molecular flexibility index (Phi) is 4.69. The van der Waals surface area contributed by atoms with Gasteiger partial charge in [-0.1, -0.05) is 167 Å². The summed E-state index contributed by atoms with van der Waals surface area (Å²) < 4.78 is 113. The normalized spacial score (nSPS) is 18.3. The van der Waals surface area contributed by atoms with Gasteiger partial charge in [-0.3, -0.25) is 0 Å². The molecule has 0 heteroatoms. The van der Waals surface area contributed by atoms with Crippen LogP contribution in [0.1, 0.15) is 68.1 Å². The highest BCUT2D eigenvalue weighted by molar-refractivity contribution is 6.24. The van der Waals surface area contributed by atoms with Crippen molar-refractivity contribution in [1.29, 1.82) is 0 Å². The summed E-state index contributed by atoms with van der Waals surface area (Å²) in [6, 6.07) is 20.5. The van der Waals surface area contributed by atoms with Crippen molar-refractivity contribution < 1.29 is 16.4 Å². The SMILES string of the molecule is [2H]c1c([2H])c([2H])c2c(-c3c([2H])c(-c4ccccc4)c([2H])c4c([2H])ccc([2H])c34)c3c([2H])c([2H])c([2H])c([2H])c3c(-c3cc(-c4ccccc4)c4c(c3)C(C)(C)CCC4(C)C)c2c1[2H]. The van der Waals surface area contributed by atoms with Crippen LogP contribution >= 0.6 is 0 Å². The molecule has 0 N–H and O–H groups in total. The quantitative estimate of drug-likeness (QED) is 0.166. The van der Waals surface area contributed by atoms with Gasteiger partial charge in [0.05, 0.1) is 16.4 Å². The first-order valence-electron chi connectivity index (χ1n) is 23.1. The van der Waals surface area contributed by atoms with E-state index >= 15 is 0 Å². The van der Waals surface area contributed by atoms with Gasteiger partial charge in [-0.2, -0.15) is 0 Å².